The first kappa shape index (κ1) is 13.0. The van der Waals surface area contributed by atoms with Crippen molar-refractivity contribution in [3.05, 3.63) is 23.8 Å². The Hall–Kier alpha value is -1.45. The van der Waals surface area contributed by atoms with Crippen LogP contribution in [-0.2, 0) is 11.2 Å². The van der Waals surface area contributed by atoms with E-state index in [1.807, 2.05) is 18.5 Å². The van der Waals surface area contributed by atoms with Crippen LogP contribution in [0.2, 0.25) is 0 Å². The van der Waals surface area contributed by atoms with Gasteiger partial charge in [-0.25, -0.2) is 9.67 Å². The van der Waals surface area contributed by atoms with Crippen molar-refractivity contribution < 1.29 is 4.79 Å². The number of hydrogen-bond donors (Lipinski definition) is 0. The van der Waals surface area contributed by atoms with Crippen molar-refractivity contribution in [2.45, 2.75) is 58.4 Å². The number of allylic oxidation sites excluding steroid dienone is 2. The monoisotopic (exact) mass is 247 g/mol. The Balaban J connectivity index is 2.06. The molecule has 0 fully saturated rings. The first-order chi connectivity index (χ1) is 8.68. The minimum absolute atomic E-state index is 0.215. The number of ketones is 1. The quantitative estimate of drug-likeness (QED) is 0.822. The summed E-state index contributed by atoms with van der Waals surface area (Å²) in [6.45, 7) is 4.10. The van der Waals surface area contributed by atoms with Crippen LogP contribution >= 0.6 is 0 Å². The molecule has 1 aliphatic carbocycles. The molecule has 1 heterocycles. The minimum atomic E-state index is 0.215. The van der Waals surface area contributed by atoms with Gasteiger partial charge >= 0.3 is 0 Å². The molecule has 0 atom stereocenters. The molecule has 0 amide bonds. The van der Waals surface area contributed by atoms with Gasteiger partial charge in [0.05, 0.1) is 6.42 Å². The second kappa shape index (κ2) is 5.94. The zero-order chi connectivity index (χ0) is 13.0. The third kappa shape index (κ3) is 3.06. The van der Waals surface area contributed by atoms with Crippen molar-refractivity contribution >= 4 is 5.78 Å². The van der Waals surface area contributed by atoms with Gasteiger partial charge in [0.15, 0.2) is 5.78 Å². The van der Waals surface area contributed by atoms with E-state index < -0.39 is 0 Å². The highest BCUT2D eigenvalue weighted by molar-refractivity contribution is 5.96. The Kier molecular flexibility index (Phi) is 4.28. The summed E-state index contributed by atoms with van der Waals surface area (Å²) in [7, 11) is 0. The molecule has 0 radical (unpaired) electrons. The predicted molar refractivity (Wildman–Crippen MR) is 70.3 cm³/mol. The van der Waals surface area contributed by atoms with E-state index in [1.54, 1.807) is 0 Å². The Morgan fingerprint density at radius 3 is 3.00 bits per heavy atom. The Morgan fingerprint density at radius 2 is 2.22 bits per heavy atom. The Labute approximate surface area is 108 Å². The van der Waals surface area contributed by atoms with Crippen LogP contribution in [0.25, 0.3) is 0 Å². The topological polar surface area (TPSA) is 47.8 Å². The minimum Gasteiger partial charge on any atom is -0.294 e. The standard InChI is InChI=1S/C14H21N3O/c1-11(2)17-14(15-10-16-17)9-13(18)12-7-5-3-4-6-8-12/h7,10-11H,3-6,8-9H2,1-2H3. The smallest absolute Gasteiger partial charge is 0.166 e. The fourth-order valence-corrected chi connectivity index (χ4v) is 2.36. The molecule has 4 nitrogen and oxygen atoms in total. The molecule has 0 aliphatic heterocycles. The summed E-state index contributed by atoms with van der Waals surface area (Å²) in [5.74, 6) is 0.993. The second-order valence-electron chi connectivity index (χ2n) is 5.14. The fourth-order valence-electron chi connectivity index (χ4n) is 2.36. The highest BCUT2D eigenvalue weighted by Crippen LogP contribution is 2.19. The van der Waals surface area contributed by atoms with Gasteiger partial charge in [0.1, 0.15) is 12.2 Å². The third-order valence-corrected chi connectivity index (χ3v) is 3.35. The van der Waals surface area contributed by atoms with Crippen molar-refractivity contribution in [3.63, 3.8) is 0 Å². The van der Waals surface area contributed by atoms with Gasteiger partial charge in [0.25, 0.3) is 0 Å². The van der Waals surface area contributed by atoms with Crippen LogP contribution in [0.15, 0.2) is 18.0 Å². The summed E-state index contributed by atoms with van der Waals surface area (Å²) >= 11 is 0. The van der Waals surface area contributed by atoms with E-state index in [-0.39, 0.29) is 11.8 Å². The molecule has 1 aromatic heterocycles. The molecule has 18 heavy (non-hydrogen) atoms. The lowest BCUT2D eigenvalue weighted by Gasteiger charge is -2.09. The lowest BCUT2D eigenvalue weighted by atomic mass is 10.0. The Morgan fingerprint density at radius 1 is 1.39 bits per heavy atom. The third-order valence-electron chi connectivity index (χ3n) is 3.35. The average Bonchev–Trinajstić information content (AvgIpc) is 2.63. The largest absolute Gasteiger partial charge is 0.294 e. The summed E-state index contributed by atoms with van der Waals surface area (Å²) < 4.78 is 1.83. The highest BCUT2D eigenvalue weighted by atomic mass is 16.1. The predicted octanol–water partition coefficient (Wildman–Crippen LogP) is 2.86. The molecule has 98 valence electrons. The van der Waals surface area contributed by atoms with Gasteiger partial charge < -0.3 is 0 Å². The summed E-state index contributed by atoms with van der Waals surface area (Å²) in [6.07, 6.45) is 9.56. The highest BCUT2D eigenvalue weighted by Gasteiger charge is 2.16. The van der Waals surface area contributed by atoms with Gasteiger partial charge in [0.2, 0.25) is 0 Å². The summed E-state index contributed by atoms with van der Waals surface area (Å²) in [4.78, 5) is 16.4. The lowest BCUT2D eigenvalue weighted by molar-refractivity contribution is -0.115. The van der Waals surface area contributed by atoms with Crippen molar-refractivity contribution in [1.82, 2.24) is 14.8 Å². The lowest BCUT2D eigenvalue weighted by Crippen LogP contribution is -2.14. The van der Waals surface area contributed by atoms with Gasteiger partial charge in [-0.3, -0.25) is 4.79 Å². The molecule has 1 aliphatic rings. The van der Waals surface area contributed by atoms with E-state index in [0.717, 1.165) is 30.7 Å². The Bertz CT molecular complexity index is 446. The normalized spacial score (nSPS) is 16.5. The van der Waals surface area contributed by atoms with E-state index in [1.165, 1.54) is 19.2 Å². The fraction of sp³-hybridized carbons (Fsp3) is 0.643. The van der Waals surface area contributed by atoms with Crippen molar-refractivity contribution in [1.29, 1.82) is 0 Å². The van der Waals surface area contributed by atoms with E-state index in [2.05, 4.69) is 16.2 Å². The number of Topliss-reactive ketones (excluding diaryl/α,β-unsaturated/α-hetero) is 1. The van der Waals surface area contributed by atoms with Crippen LogP contribution in [0.1, 0.15) is 57.8 Å². The van der Waals surface area contributed by atoms with E-state index >= 15 is 0 Å². The number of carbonyl (C=O) groups is 1. The number of hydrogen-bond acceptors (Lipinski definition) is 3. The average molecular weight is 247 g/mol. The van der Waals surface area contributed by atoms with E-state index in [4.69, 9.17) is 0 Å². The summed E-state index contributed by atoms with van der Waals surface area (Å²) in [6, 6.07) is 0.249. The van der Waals surface area contributed by atoms with Crippen LogP contribution in [-0.4, -0.2) is 20.5 Å². The van der Waals surface area contributed by atoms with E-state index in [0.29, 0.717) is 6.42 Å². The molecular formula is C14H21N3O. The van der Waals surface area contributed by atoms with Crippen LogP contribution < -0.4 is 0 Å². The number of carbonyl (C=O) groups excluding carboxylic acids is 1. The zero-order valence-corrected chi connectivity index (χ0v) is 11.2. The molecule has 0 bridgehead atoms. The van der Waals surface area contributed by atoms with Crippen LogP contribution in [0, 0.1) is 0 Å². The summed E-state index contributed by atoms with van der Waals surface area (Å²) in [5.41, 5.74) is 0.991. The number of aromatic nitrogens is 3. The number of rotatable bonds is 4. The molecule has 4 heteroatoms. The first-order valence-electron chi connectivity index (χ1n) is 6.79. The molecule has 2 rings (SSSR count). The van der Waals surface area contributed by atoms with Gasteiger partial charge in [-0.15, -0.1) is 0 Å². The molecule has 0 aromatic carbocycles. The maximum atomic E-state index is 12.2. The molecule has 0 N–H and O–H groups in total. The first-order valence-corrected chi connectivity index (χ1v) is 6.79. The van der Waals surface area contributed by atoms with E-state index in [9.17, 15) is 4.79 Å². The summed E-state index contributed by atoms with van der Waals surface area (Å²) in [5, 5.41) is 4.17. The molecule has 0 saturated carbocycles. The molecular weight excluding hydrogens is 226 g/mol. The molecule has 0 spiro atoms. The SMILES string of the molecule is CC(C)n1ncnc1CC(=O)C1=CCCCCC1. The van der Waals surface area contributed by atoms with Crippen LogP contribution in [0.3, 0.4) is 0 Å². The van der Waals surface area contributed by atoms with Crippen LogP contribution in [0.5, 0.6) is 0 Å². The second-order valence-corrected chi connectivity index (χ2v) is 5.14. The van der Waals surface area contributed by atoms with Gasteiger partial charge in [-0.05, 0) is 45.1 Å². The number of nitrogens with zero attached hydrogens (tertiary/aromatic N) is 3. The maximum Gasteiger partial charge on any atom is 0.166 e. The van der Waals surface area contributed by atoms with Crippen LogP contribution in [0.4, 0.5) is 0 Å². The van der Waals surface area contributed by atoms with Crippen molar-refractivity contribution in [3.8, 4) is 0 Å². The van der Waals surface area contributed by atoms with Crippen molar-refractivity contribution in [2.24, 2.45) is 0 Å². The maximum absolute atomic E-state index is 12.2. The van der Waals surface area contributed by atoms with Gasteiger partial charge in [-0.1, -0.05) is 12.5 Å². The van der Waals surface area contributed by atoms with Crippen molar-refractivity contribution in [2.75, 3.05) is 0 Å². The van der Waals surface area contributed by atoms with Gasteiger partial charge in [0, 0.05) is 6.04 Å². The van der Waals surface area contributed by atoms with Gasteiger partial charge in [-0.2, -0.15) is 5.10 Å². The zero-order valence-electron chi connectivity index (χ0n) is 11.2. The molecule has 0 saturated heterocycles. The molecule has 1 aromatic rings. The molecule has 0 unspecified atom stereocenters.